The highest BCUT2D eigenvalue weighted by molar-refractivity contribution is 6.30. The first-order chi connectivity index (χ1) is 14.0. The molecule has 0 bridgehead atoms. The number of nitrogens with zero attached hydrogens (tertiary/aromatic N) is 5. The van der Waals surface area contributed by atoms with Gasteiger partial charge in [-0.05, 0) is 37.6 Å². The lowest BCUT2D eigenvalue weighted by Gasteiger charge is -2.31. The van der Waals surface area contributed by atoms with Crippen molar-refractivity contribution in [1.82, 2.24) is 19.7 Å². The van der Waals surface area contributed by atoms with Crippen LogP contribution in [-0.4, -0.2) is 43.6 Å². The van der Waals surface area contributed by atoms with Gasteiger partial charge in [0.05, 0.1) is 34.2 Å². The topological polar surface area (TPSA) is 106 Å². The smallest absolute Gasteiger partial charge is 0.270 e. The summed E-state index contributed by atoms with van der Waals surface area (Å²) in [6.45, 7) is 1.98. The number of piperidine rings is 1. The molecule has 3 aromatic rings. The average Bonchev–Trinajstić information content (AvgIpc) is 3.12. The minimum atomic E-state index is -0.417. The number of aromatic nitrogens is 3. The van der Waals surface area contributed by atoms with Crippen molar-refractivity contribution in [3.8, 4) is 0 Å². The number of benzene rings is 1. The molecule has 9 nitrogen and oxygen atoms in total. The summed E-state index contributed by atoms with van der Waals surface area (Å²) in [4.78, 5) is 29.4. The minimum Gasteiger partial charge on any atom is -0.310 e. The van der Waals surface area contributed by atoms with Crippen molar-refractivity contribution in [2.45, 2.75) is 19.5 Å². The van der Waals surface area contributed by atoms with Crippen molar-refractivity contribution < 1.29 is 9.72 Å². The van der Waals surface area contributed by atoms with Crippen molar-refractivity contribution in [3.63, 3.8) is 0 Å². The van der Waals surface area contributed by atoms with E-state index in [1.54, 1.807) is 29.1 Å². The van der Waals surface area contributed by atoms with Gasteiger partial charge in [0, 0.05) is 30.3 Å². The zero-order chi connectivity index (χ0) is 20.4. The number of fused-ring (bicyclic) bond motifs is 1. The van der Waals surface area contributed by atoms with Crippen LogP contribution in [-0.2, 0) is 11.5 Å². The Morgan fingerprint density at radius 1 is 1.31 bits per heavy atom. The molecule has 10 heteroatoms. The molecule has 0 radical (unpaired) electrons. The van der Waals surface area contributed by atoms with Gasteiger partial charge in [-0.3, -0.25) is 24.5 Å². The van der Waals surface area contributed by atoms with E-state index in [1.807, 2.05) is 0 Å². The molecule has 0 spiro atoms. The average molecular weight is 415 g/mol. The second-order valence-electron chi connectivity index (χ2n) is 7.05. The Labute approximate surface area is 171 Å². The van der Waals surface area contributed by atoms with Crippen LogP contribution in [0.15, 0.2) is 42.7 Å². The second kappa shape index (κ2) is 8.14. The van der Waals surface area contributed by atoms with Crippen LogP contribution in [0.4, 0.5) is 11.5 Å². The Hall–Kier alpha value is -3.04. The lowest BCUT2D eigenvalue weighted by molar-refractivity contribution is -0.384. The van der Waals surface area contributed by atoms with Crippen LogP contribution >= 0.6 is 11.6 Å². The van der Waals surface area contributed by atoms with Gasteiger partial charge in [-0.15, -0.1) is 0 Å². The first kappa shape index (κ1) is 19.3. The van der Waals surface area contributed by atoms with Crippen molar-refractivity contribution in [2.75, 3.05) is 18.4 Å². The number of rotatable bonds is 5. The van der Waals surface area contributed by atoms with E-state index in [-0.39, 0.29) is 17.5 Å². The van der Waals surface area contributed by atoms with Crippen molar-refractivity contribution in [3.05, 3.63) is 57.9 Å². The lowest BCUT2D eigenvalue weighted by atomic mass is 9.97. The maximum atomic E-state index is 12.6. The van der Waals surface area contributed by atoms with E-state index in [1.165, 1.54) is 18.3 Å². The summed E-state index contributed by atoms with van der Waals surface area (Å²) in [6, 6.07) is 8.07. The molecule has 1 amide bonds. The van der Waals surface area contributed by atoms with Gasteiger partial charge in [0.25, 0.3) is 5.69 Å². The third-order valence-electron chi connectivity index (χ3n) is 5.03. The molecule has 1 aliphatic rings. The fraction of sp³-hybridized carbons (Fsp3) is 0.316. The SMILES string of the molecule is O=C(Nc1ccc(Cl)cn1)C1CCCN(Cn2ncc3cc([N+](=O)[O-])ccc32)C1. The number of hydrogen-bond donors (Lipinski definition) is 1. The molecule has 150 valence electrons. The molecule has 2 aromatic heterocycles. The van der Waals surface area contributed by atoms with Crippen LogP contribution in [0.3, 0.4) is 0 Å². The van der Waals surface area contributed by atoms with Crippen LogP contribution in [0.5, 0.6) is 0 Å². The molecule has 0 aliphatic carbocycles. The standard InChI is InChI=1S/C19H19ClN6O3/c20-15-3-6-18(21-10-15)23-19(27)13-2-1-7-24(11-13)12-25-17-5-4-16(26(28)29)8-14(17)9-22-25/h3-6,8-10,13H,1-2,7,11-12H2,(H,21,23,27). The molecule has 1 atom stereocenters. The van der Waals surface area contributed by atoms with Gasteiger partial charge in [0.1, 0.15) is 5.82 Å². The number of halogens is 1. The number of nitro benzene ring substituents is 1. The van der Waals surface area contributed by atoms with Gasteiger partial charge in [-0.25, -0.2) is 4.98 Å². The number of likely N-dealkylation sites (tertiary alicyclic amines) is 1. The molecule has 1 aliphatic heterocycles. The van der Waals surface area contributed by atoms with E-state index in [0.717, 1.165) is 30.3 Å². The van der Waals surface area contributed by atoms with E-state index in [0.29, 0.717) is 24.1 Å². The van der Waals surface area contributed by atoms with E-state index in [9.17, 15) is 14.9 Å². The van der Waals surface area contributed by atoms with Gasteiger partial charge < -0.3 is 5.32 Å². The van der Waals surface area contributed by atoms with Gasteiger partial charge in [-0.2, -0.15) is 5.10 Å². The van der Waals surface area contributed by atoms with Crippen LogP contribution in [0.1, 0.15) is 12.8 Å². The first-order valence-corrected chi connectivity index (χ1v) is 9.62. The number of anilines is 1. The van der Waals surface area contributed by atoms with Crippen molar-refractivity contribution >= 4 is 39.9 Å². The molecule has 1 aromatic carbocycles. The first-order valence-electron chi connectivity index (χ1n) is 9.24. The number of nitro groups is 1. The van der Waals surface area contributed by atoms with E-state index < -0.39 is 4.92 Å². The zero-order valence-corrected chi connectivity index (χ0v) is 16.2. The van der Waals surface area contributed by atoms with E-state index in [2.05, 4.69) is 20.3 Å². The number of amides is 1. The number of carbonyl (C=O) groups is 1. The van der Waals surface area contributed by atoms with E-state index in [4.69, 9.17) is 11.6 Å². The summed E-state index contributed by atoms with van der Waals surface area (Å²) < 4.78 is 1.81. The molecule has 1 unspecified atom stereocenters. The second-order valence-corrected chi connectivity index (χ2v) is 7.49. The summed E-state index contributed by atoms with van der Waals surface area (Å²) in [6.07, 6.45) is 4.83. The summed E-state index contributed by atoms with van der Waals surface area (Å²) in [5.74, 6) is 0.269. The molecule has 1 fully saturated rings. The van der Waals surface area contributed by atoms with Crippen LogP contribution in [0.2, 0.25) is 5.02 Å². The number of hydrogen-bond acceptors (Lipinski definition) is 6. The monoisotopic (exact) mass is 414 g/mol. The highest BCUT2D eigenvalue weighted by Crippen LogP contribution is 2.23. The van der Waals surface area contributed by atoms with E-state index >= 15 is 0 Å². The number of nitrogens with one attached hydrogen (secondary N) is 1. The molecular weight excluding hydrogens is 396 g/mol. The van der Waals surface area contributed by atoms with Crippen LogP contribution < -0.4 is 5.32 Å². The molecule has 1 N–H and O–H groups in total. The van der Waals surface area contributed by atoms with Crippen LogP contribution in [0, 0.1) is 16.0 Å². The predicted octanol–water partition coefficient (Wildman–Crippen LogP) is 3.30. The van der Waals surface area contributed by atoms with Gasteiger partial charge in [0.15, 0.2) is 0 Å². The Morgan fingerprint density at radius 3 is 2.93 bits per heavy atom. The number of pyridine rings is 1. The summed E-state index contributed by atoms with van der Waals surface area (Å²) in [5.41, 5.74) is 0.870. The maximum Gasteiger partial charge on any atom is 0.270 e. The van der Waals surface area contributed by atoms with Crippen molar-refractivity contribution in [2.24, 2.45) is 5.92 Å². The van der Waals surface area contributed by atoms with Gasteiger partial charge >= 0.3 is 0 Å². The number of non-ortho nitro benzene ring substituents is 1. The maximum absolute atomic E-state index is 12.6. The summed E-state index contributed by atoms with van der Waals surface area (Å²) >= 11 is 5.83. The third-order valence-corrected chi connectivity index (χ3v) is 5.25. The normalized spacial score (nSPS) is 17.3. The lowest BCUT2D eigenvalue weighted by Crippen LogP contribution is -2.41. The fourth-order valence-corrected chi connectivity index (χ4v) is 3.68. The summed E-state index contributed by atoms with van der Waals surface area (Å²) in [5, 5.41) is 19.4. The quantitative estimate of drug-likeness (QED) is 0.507. The molecular formula is C19H19ClN6O3. The van der Waals surface area contributed by atoms with Crippen molar-refractivity contribution in [1.29, 1.82) is 0 Å². The largest absolute Gasteiger partial charge is 0.310 e. The van der Waals surface area contributed by atoms with Gasteiger partial charge in [0.2, 0.25) is 5.91 Å². The highest BCUT2D eigenvalue weighted by atomic mass is 35.5. The Balaban J connectivity index is 1.42. The Morgan fingerprint density at radius 2 is 2.17 bits per heavy atom. The molecule has 3 heterocycles. The zero-order valence-electron chi connectivity index (χ0n) is 15.5. The third kappa shape index (κ3) is 4.36. The molecule has 4 rings (SSSR count). The van der Waals surface area contributed by atoms with Crippen LogP contribution in [0.25, 0.3) is 10.9 Å². The minimum absolute atomic E-state index is 0.0440. The number of carbonyl (C=O) groups excluding carboxylic acids is 1. The van der Waals surface area contributed by atoms with Gasteiger partial charge in [-0.1, -0.05) is 11.6 Å². The molecule has 0 saturated carbocycles. The fourth-order valence-electron chi connectivity index (χ4n) is 3.57. The Kier molecular flexibility index (Phi) is 5.41. The molecule has 1 saturated heterocycles. The summed E-state index contributed by atoms with van der Waals surface area (Å²) in [7, 11) is 0. The predicted molar refractivity (Wildman–Crippen MR) is 109 cm³/mol. The highest BCUT2D eigenvalue weighted by Gasteiger charge is 2.26. The Bertz CT molecular complexity index is 1050. The molecule has 29 heavy (non-hydrogen) atoms.